The van der Waals surface area contributed by atoms with Crippen molar-refractivity contribution in [1.82, 2.24) is 4.72 Å². The van der Waals surface area contributed by atoms with E-state index in [1.165, 1.54) is 19.1 Å². The van der Waals surface area contributed by atoms with Crippen LogP contribution >= 0.6 is 22.9 Å². The number of sulfonamides is 1. The summed E-state index contributed by atoms with van der Waals surface area (Å²) >= 11 is 6.59. The molecule has 124 valence electrons. The van der Waals surface area contributed by atoms with E-state index in [1.807, 2.05) is 4.72 Å². The Kier molecular flexibility index (Phi) is 6.22. The second-order valence-electron chi connectivity index (χ2n) is 4.99. The minimum absolute atomic E-state index is 0.00587. The van der Waals surface area contributed by atoms with Crippen molar-refractivity contribution in [1.29, 1.82) is 0 Å². The van der Waals surface area contributed by atoms with Gasteiger partial charge >= 0.3 is 0 Å². The monoisotopic (exact) mass is 367 g/mol. The van der Waals surface area contributed by atoms with Gasteiger partial charge in [-0.05, 0) is 38.3 Å². The maximum absolute atomic E-state index is 12.0. The van der Waals surface area contributed by atoms with Gasteiger partial charge in [0.15, 0.2) is 0 Å². The molecule has 1 aliphatic heterocycles. The van der Waals surface area contributed by atoms with Gasteiger partial charge in [0.25, 0.3) is 15.9 Å². The van der Waals surface area contributed by atoms with Crippen LogP contribution in [0.3, 0.4) is 0 Å². The summed E-state index contributed by atoms with van der Waals surface area (Å²) in [6.07, 6.45) is 2.09. The highest BCUT2D eigenvalue weighted by Crippen LogP contribution is 2.25. The number of rotatable bonds is 6. The van der Waals surface area contributed by atoms with Gasteiger partial charge in [-0.2, -0.15) is 0 Å². The van der Waals surface area contributed by atoms with E-state index in [4.69, 9.17) is 21.1 Å². The molecular formula is C13H18ClNO5S2. The lowest BCUT2D eigenvalue weighted by Gasteiger charge is -2.23. The van der Waals surface area contributed by atoms with Gasteiger partial charge in [0, 0.05) is 6.61 Å². The highest BCUT2D eigenvalue weighted by atomic mass is 35.5. The molecule has 2 rings (SSSR count). The van der Waals surface area contributed by atoms with E-state index >= 15 is 0 Å². The van der Waals surface area contributed by atoms with E-state index in [9.17, 15) is 13.2 Å². The number of amides is 1. The fourth-order valence-corrected chi connectivity index (χ4v) is 4.50. The summed E-state index contributed by atoms with van der Waals surface area (Å²) in [6, 6.07) is 2.82. The van der Waals surface area contributed by atoms with Crippen molar-refractivity contribution in [3.63, 3.8) is 0 Å². The highest BCUT2D eigenvalue weighted by molar-refractivity contribution is 7.92. The Hall–Kier alpha value is -0.670. The van der Waals surface area contributed by atoms with Gasteiger partial charge in [0.2, 0.25) is 0 Å². The van der Waals surface area contributed by atoms with E-state index in [-0.39, 0.29) is 16.9 Å². The van der Waals surface area contributed by atoms with Crippen LogP contribution in [0, 0.1) is 0 Å². The van der Waals surface area contributed by atoms with Crippen molar-refractivity contribution < 1.29 is 22.7 Å². The quantitative estimate of drug-likeness (QED) is 0.833. The first-order chi connectivity index (χ1) is 10.4. The van der Waals surface area contributed by atoms with Crippen LogP contribution in [-0.4, -0.2) is 39.7 Å². The summed E-state index contributed by atoms with van der Waals surface area (Å²) in [5, 5.41) is 0. The predicted octanol–water partition coefficient (Wildman–Crippen LogP) is 2.18. The van der Waals surface area contributed by atoms with E-state index in [0.29, 0.717) is 10.9 Å². The van der Waals surface area contributed by atoms with Crippen molar-refractivity contribution in [3.8, 4) is 0 Å². The van der Waals surface area contributed by atoms with Gasteiger partial charge in [0.1, 0.15) is 10.3 Å². The second kappa shape index (κ2) is 7.74. The van der Waals surface area contributed by atoms with Crippen molar-refractivity contribution in [3.05, 3.63) is 16.5 Å². The summed E-state index contributed by atoms with van der Waals surface area (Å²) in [6.45, 7) is 2.48. The van der Waals surface area contributed by atoms with Crippen molar-refractivity contribution >= 4 is 38.9 Å². The Morgan fingerprint density at radius 1 is 1.55 bits per heavy atom. The lowest BCUT2D eigenvalue weighted by atomic mass is 10.1. The van der Waals surface area contributed by atoms with Crippen molar-refractivity contribution in [2.24, 2.45) is 0 Å². The average Bonchev–Trinajstić information content (AvgIpc) is 2.93. The van der Waals surface area contributed by atoms with Gasteiger partial charge in [-0.25, -0.2) is 13.1 Å². The van der Waals surface area contributed by atoms with E-state index in [1.54, 1.807) is 0 Å². The Bertz CT molecular complexity index is 610. The Labute approximate surface area is 138 Å². The molecule has 2 atom stereocenters. The normalized spacial score (nSPS) is 20.5. The molecule has 0 saturated carbocycles. The maximum Gasteiger partial charge on any atom is 0.273 e. The Balaban J connectivity index is 1.85. The number of ether oxygens (including phenoxy) is 2. The molecule has 1 saturated heterocycles. The molecule has 0 aromatic carbocycles. The third-order valence-electron chi connectivity index (χ3n) is 3.22. The molecule has 1 amide bonds. The zero-order chi connectivity index (χ0) is 16.2. The smallest absolute Gasteiger partial charge is 0.273 e. The summed E-state index contributed by atoms with van der Waals surface area (Å²) in [4.78, 5) is 11.9. The van der Waals surface area contributed by atoms with E-state index in [2.05, 4.69) is 0 Å². The second-order valence-corrected chi connectivity index (χ2v) is 8.62. The third-order valence-corrected chi connectivity index (χ3v) is 6.29. The first kappa shape index (κ1) is 17.7. The van der Waals surface area contributed by atoms with Crippen molar-refractivity contribution in [2.45, 2.75) is 42.6 Å². The summed E-state index contributed by atoms with van der Waals surface area (Å²) in [5.41, 5.74) is 0. The molecule has 0 radical (unpaired) electrons. The lowest BCUT2D eigenvalue weighted by molar-refractivity contribution is -0.133. The molecule has 6 nitrogen and oxygen atoms in total. The van der Waals surface area contributed by atoms with Gasteiger partial charge in [-0.15, -0.1) is 11.3 Å². The number of carbonyl (C=O) groups excluding carboxylic acids is 1. The first-order valence-electron chi connectivity index (χ1n) is 6.93. The summed E-state index contributed by atoms with van der Waals surface area (Å²) in [5.74, 6) is -0.708. The fraction of sp³-hybridized carbons (Fsp3) is 0.615. The number of hydrogen-bond acceptors (Lipinski definition) is 6. The molecule has 1 aliphatic rings. The molecule has 1 N–H and O–H groups in total. The van der Waals surface area contributed by atoms with Gasteiger partial charge < -0.3 is 9.47 Å². The van der Waals surface area contributed by atoms with Crippen LogP contribution in [0.15, 0.2) is 16.3 Å². The molecule has 22 heavy (non-hydrogen) atoms. The van der Waals surface area contributed by atoms with Crippen LogP contribution in [0.1, 0.15) is 26.2 Å². The number of nitrogens with one attached hydrogen (secondary N) is 1. The van der Waals surface area contributed by atoms with E-state index < -0.39 is 22.0 Å². The summed E-state index contributed by atoms with van der Waals surface area (Å²) < 4.78 is 37.2. The SMILES string of the molecule is C[C@H](OC[C@@H]1CCCCO1)C(=O)NS(=O)(=O)c1ccc(Cl)s1. The zero-order valence-electron chi connectivity index (χ0n) is 12.1. The fourth-order valence-electron chi connectivity index (χ4n) is 1.97. The number of thiophene rings is 1. The molecule has 1 fully saturated rings. The number of hydrogen-bond donors (Lipinski definition) is 1. The molecule has 1 aromatic heterocycles. The lowest BCUT2D eigenvalue weighted by Crippen LogP contribution is -2.39. The number of halogens is 1. The Morgan fingerprint density at radius 2 is 2.32 bits per heavy atom. The van der Waals surface area contributed by atoms with Crippen LogP contribution in [-0.2, 0) is 24.3 Å². The molecule has 2 heterocycles. The zero-order valence-corrected chi connectivity index (χ0v) is 14.5. The van der Waals surface area contributed by atoms with Gasteiger partial charge in [-0.3, -0.25) is 4.79 Å². The standard InChI is InChI=1S/C13H18ClNO5S2/c1-9(20-8-10-4-2-3-7-19-10)13(16)15-22(17,18)12-6-5-11(14)21-12/h5-6,9-10H,2-4,7-8H2,1H3,(H,15,16)/t9-,10-/m0/s1. The summed E-state index contributed by atoms with van der Waals surface area (Å²) in [7, 11) is -3.90. The van der Waals surface area contributed by atoms with Crippen LogP contribution in [0.4, 0.5) is 0 Å². The van der Waals surface area contributed by atoms with Gasteiger partial charge in [-0.1, -0.05) is 11.6 Å². The van der Waals surface area contributed by atoms with E-state index in [0.717, 1.165) is 30.6 Å². The molecule has 0 spiro atoms. The predicted molar refractivity (Wildman–Crippen MR) is 83.7 cm³/mol. The van der Waals surface area contributed by atoms with Crippen LogP contribution in [0.5, 0.6) is 0 Å². The van der Waals surface area contributed by atoms with Crippen LogP contribution < -0.4 is 4.72 Å². The van der Waals surface area contributed by atoms with Crippen LogP contribution in [0.25, 0.3) is 0 Å². The minimum atomic E-state index is -3.90. The average molecular weight is 368 g/mol. The minimum Gasteiger partial charge on any atom is -0.376 e. The number of carbonyl (C=O) groups is 1. The molecular weight excluding hydrogens is 350 g/mol. The Morgan fingerprint density at radius 3 is 2.91 bits per heavy atom. The molecule has 0 unspecified atom stereocenters. The first-order valence-corrected chi connectivity index (χ1v) is 9.61. The highest BCUT2D eigenvalue weighted by Gasteiger charge is 2.24. The molecule has 1 aromatic rings. The van der Waals surface area contributed by atoms with Crippen LogP contribution in [0.2, 0.25) is 4.34 Å². The largest absolute Gasteiger partial charge is 0.376 e. The van der Waals surface area contributed by atoms with Crippen molar-refractivity contribution in [2.75, 3.05) is 13.2 Å². The topological polar surface area (TPSA) is 81.7 Å². The molecule has 0 bridgehead atoms. The third kappa shape index (κ3) is 4.92. The molecule has 0 aliphatic carbocycles. The molecule has 9 heteroatoms. The maximum atomic E-state index is 12.0. The van der Waals surface area contributed by atoms with Gasteiger partial charge in [0.05, 0.1) is 17.0 Å².